The van der Waals surface area contributed by atoms with Gasteiger partial charge in [-0.25, -0.2) is 0 Å². The number of nitrogens with one attached hydrogen (secondary N) is 1. The first-order valence-electron chi connectivity index (χ1n) is 7.55. The summed E-state index contributed by atoms with van der Waals surface area (Å²) in [6.45, 7) is 9.92. The Morgan fingerprint density at radius 3 is 2.45 bits per heavy atom. The third-order valence-corrected chi connectivity index (χ3v) is 5.62. The zero-order chi connectivity index (χ0) is 13.9. The van der Waals surface area contributed by atoms with E-state index >= 15 is 0 Å². The molecule has 0 aromatic heterocycles. The van der Waals surface area contributed by atoms with Gasteiger partial charge in [0.25, 0.3) is 0 Å². The highest BCUT2D eigenvalue weighted by molar-refractivity contribution is 7.99. The van der Waals surface area contributed by atoms with Crippen LogP contribution in [0, 0.1) is 11.3 Å². The number of rotatable bonds is 2. The molecule has 1 unspecified atom stereocenters. The maximum atomic E-state index is 12.3. The maximum Gasteiger partial charge on any atom is 0.224 e. The largest absolute Gasteiger partial charge is 0.343 e. The summed E-state index contributed by atoms with van der Waals surface area (Å²) in [5.74, 6) is 3.39. The summed E-state index contributed by atoms with van der Waals surface area (Å²) in [7, 11) is 0. The Kier molecular flexibility index (Phi) is 7.16. The minimum atomic E-state index is 0. The van der Waals surface area contributed by atoms with Gasteiger partial charge in [0.1, 0.15) is 0 Å². The van der Waals surface area contributed by atoms with Gasteiger partial charge in [0.15, 0.2) is 0 Å². The molecule has 5 heteroatoms. The summed E-state index contributed by atoms with van der Waals surface area (Å²) < 4.78 is 0. The Morgan fingerprint density at radius 2 is 1.95 bits per heavy atom. The van der Waals surface area contributed by atoms with E-state index in [-0.39, 0.29) is 12.4 Å². The Morgan fingerprint density at radius 1 is 1.30 bits per heavy atom. The van der Waals surface area contributed by atoms with Crippen molar-refractivity contribution in [1.29, 1.82) is 0 Å². The smallest absolute Gasteiger partial charge is 0.224 e. The molecule has 20 heavy (non-hydrogen) atoms. The molecule has 0 aromatic rings. The molecule has 2 rings (SSSR count). The summed E-state index contributed by atoms with van der Waals surface area (Å²) in [4.78, 5) is 14.4. The lowest BCUT2D eigenvalue weighted by Gasteiger charge is -2.39. The second-order valence-electron chi connectivity index (χ2n) is 6.95. The van der Waals surface area contributed by atoms with Crippen molar-refractivity contribution < 1.29 is 4.79 Å². The Bertz CT molecular complexity index is 305. The van der Waals surface area contributed by atoms with E-state index in [0.717, 1.165) is 31.3 Å². The van der Waals surface area contributed by atoms with Gasteiger partial charge in [-0.2, -0.15) is 11.8 Å². The lowest BCUT2D eigenvalue weighted by molar-refractivity contribution is -0.133. The summed E-state index contributed by atoms with van der Waals surface area (Å²) in [6.07, 6.45) is 3.03. The molecule has 0 saturated carbocycles. The van der Waals surface area contributed by atoms with Crippen LogP contribution >= 0.6 is 24.2 Å². The van der Waals surface area contributed by atoms with Crippen LogP contribution in [0.25, 0.3) is 0 Å². The SMILES string of the molecule is CC(C)(C)C1CCN(C(=O)CC2CSCCN2)CC1.Cl. The Labute approximate surface area is 134 Å². The molecule has 0 spiro atoms. The first-order chi connectivity index (χ1) is 8.97. The van der Waals surface area contributed by atoms with Crippen LogP contribution in [0.15, 0.2) is 0 Å². The van der Waals surface area contributed by atoms with Crippen molar-refractivity contribution in [3.63, 3.8) is 0 Å². The van der Waals surface area contributed by atoms with E-state index in [4.69, 9.17) is 0 Å². The molecule has 0 radical (unpaired) electrons. The second-order valence-corrected chi connectivity index (χ2v) is 8.10. The van der Waals surface area contributed by atoms with Crippen molar-refractivity contribution in [2.45, 2.75) is 46.1 Å². The zero-order valence-corrected chi connectivity index (χ0v) is 14.6. The molecule has 2 fully saturated rings. The number of halogens is 1. The van der Waals surface area contributed by atoms with E-state index in [1.54, 1.807) is 0 Å². The number of piperidine rings is 1. The molecular formula is C15H29ClN2OS. The molecule has 0 bridgehead atoms. The summed E-state index contributed by atoms with van der Waals surface area (Å²) in [5.41, 5.74) is 0.386. The molecule has 118 valence electrons. The van der Waals surface area contributed by atoms with Crippen LogP contribution in [-0.2, 0) is 4.79 Å². The first kappa shape index (κ1) is 18.1. The molecule has 1 atom stereocenters. The number of hydrogen-bond acceptors (Lipinski definition) is 3. The van der Waals surface area contributed by atoms with Crippen molar-refractivity contribution in [3.8, 4) is 0 Å². The maximum absolute atomic E-state index is 12.3. The molecule has 1 N–H and O–H groups in total. The third kappa shape index (κ3) is 5.12. The van der Waals surface area contributed by atoms with Crippen LogP contribution in [0.1, 0.15) is 40.0 Å². The van der Waals surface area contributed by atoms with E-state index in [2.05, 4.69) is 31.0 Å². The number of amides is 1. The number of thioether (sulfide) groups is 1. The van der Waals surface area contributed by atoms with Gasteiger partial charge in [0.2, 0.25) is 5.91 Å². The molecule has 1 amide bonds. The molecule has 2 saturated heterocycles. The second kappa shape index (κ2) is 7.90. The molecular weight excluding hydrogens is 292 g/mol. The van der Waals surface area contributed by atoms with Gasteiger partial charge < -0.3 is 10.2 Å². The van der Waals surface area contributed by atoms with Crippen molar-refractivity contribution in [1.82, 2.24) is 10.2 Å². The van der Waals surface area contributed by atoms with Crippen LogP contribution in [0.5, 0.6) is 0 Å². The van der Waals surface area contributed by atoms with Crippen LogP contribution in [-0.4, -0.2) is 48.0 Å². The van der Waals surface area contributed by atoms with Gasteiger partial charge in [-0.05, 0) is 24.2 Å². The Hall–Kier alpha value is 0.0700. The van der Waals surface area contributed by atoms with Gasteiger partial charge in [-0.3, -0.25) is 4.79 Å². The highest BCUT2D eigenvalue weighted by Crippen LogP contribution is 2.34. The molecule has 2 heterocycles. The number of carbonyl (C=O) groups excluding carboxylic acids is 1. The predicted molar refractivity (Wildman–Crippen MR) is 89.7 cm³/mol. The number of carbonyl (C=O) groups is 1. The van der Waals surface area contributed by atoms with Gasteiger partial charge in [0.05, 0.1) is 0 Å². The number of hydrogen-bond donors (Lipinski definition) is 1. The van der Waals surface area contributed by atoms with Crippen molar-refractivity contribution in [3.05, 3.63) is 0 Å². The minimum absolute atomic E-state index is 0. The standard InChI is InChI=1S/C15H28N2OS.ClH/c1-15(2,3)12-4-7-17(8-5-12)14(18)10-13-11-19-9-6-16-13;/h12-13,16H,4-11H2,1-3H3;1H. The monoisotopic (exact) mass is 320 g/mol. The zero-order valence-electron chi connectivity index (χ0n) is 13.0. The van der Waals surface area contributed by atoms with Crippen molar-refractivity contribution in [2.75, 3.05) is 31.1 Å². The summed E-state index contributed by atoms with van der Waals surface area (Å²) >= 11 is 1.96. The third-order valence-electron chi connectivity index (χ3n) is 4.49. The fourth-order valence-electron chi connectivity index (χ4n) is 3.09. The first-order valence-corrected chi connectivity index (χ1v) is 8.71. The van der Waals surface area contributed by atoms with E-state index in [9.17, 15) is 4.79 Å². The van der Waals surface area contributed by atoms with Crippen molar-refractivity contribution in [2.24, 2.45) is 11.3 Å². The highest BCUT2D eigenvalue weighted by Gasteiger charge is 2.31. The van der Waals surface area contributed by atoms with Gasteiger partial charge in [-0.1, -0.05) is 20.8 Å². The van der Waals surface area contributed by atoms with Gasteiger partial charge >= 0.3 is 0 Å². The van der Waals surface area contributed by atoms with Crippen LogP contribution in [0.4, 0.5) is 0 Å². The average molecular weight is 321 g/mol. The van der Waals surface area contributed by atoms with E-state index in [1.807, 2.05) is 11.8 Å². The highest BCUT2D eigenvalue weighted by atomic mass is 35.5. The van der Waals surface area contributed by atoms with Gasteiger partial charge in [0, 0.05) is 43.6 Å². The molecule has 2 aliphatic rings. The van der Waals surface area contributed by atoms with Crippen molar-refractivity contribution >= 4 is 30.1 Å². The normalized spacial score (nSPS) is 25.1. The number of likely N-dealkylation sites (tertiary alicyclic amines) is 1. The summed E-state index contributed by atoms with van der Waals surface area (Å²) in [5, 5.41) is 3.45. The quantitative estimate of drug-likeness (QED) is 0.849. The summed E-state index contributed by atoms with van der Waals surface area (Å²) in [6, 6.07) is 0.395. The molecule has 0 aliphatic carbocycles. The Balaban J connectivity index is 0.00000200. The number of nitrogens with zero attached hydrogens (tertiary/aromatic N) is 1. The fraction of sp³-hybridized carbons (Fsp3) is 0.933. The van der Waals surface area contributed by atoms with E-state index in [0.29, 0.717) is 23.8 Å². The topological polar surface area (TPSA) is 32.3 Å². The van der Waals surface area contributed by atoms with Crippen LogP contribution in [0.2, 0.25) is 0 Å². The van der Waals surface area contributed by atoms with E-state index in [1.165, 1.54) is 18.6 Å². The lowest BCUT2D eigenvalue weighted by Crippen LogP contribution is -2.45. The molecule has 0 aromatic carbocycles. The minimum Gasteiger partial charge on any atom is -0.343 e. The molecule has 3 nitrogen and oxygen atoms in total. The predicted octanol–water partition coefficient (Wildman–Crippen LogP) is 2.79. The lowest BCUT2D eigenvalue weighted by atomic mass is 9.75. The fourth-order valence-corrected chi connectivity index (χ4v) is 4.03. The van der Waals surface area contributed by atoms with Gasteiger partial charge in [-0.15, -0.1) is 12.4 Å². The van der Waals surface area contributed by atoms with E-state index < -0.39 is 0 Å². The van der Waals surface area contributed by atoms with Crippen LogP contribution in [0.3, 0.4) is 0 Å². The average Bonchev–Trinajstić information content (AvgIpc) is 2.39. The van der Waals surface area contributed by atoms with Crippen LogP contribution < -0.4 is 5.32 Å². The molecule has 2 aliphatic heterocycles.